The fourth-order valence-electron chi connectivity index (χ4n) is 3.61. The first-order chi connectivity index (χ1) is 14.2. The highest BCUT2D eigenvalue weighted by molar-refractivity contribution is 9.10. The topological polar surface area (TPSA) is 67.5 Å². The smallest absolute Gasteiger partial charge is 0.410 e. The van der Waals surface area contributed by atoms with Gasteiger partial charge in [-0.2, -0.15) is 5.26 Å². The molecule has 6 nitrogen and oxygen atoms in total. The molecule has 0 bridgehead atoms. The number of aromatic nitrogens is 1. The number of carbonyl (C=O) groups is 1. The van der Waals surface area contributed by atoms with Gasteiger partial charge in [-0.15, -0.1) is 0 Å². The first-order valence-corrected chi connectivity index (χ1v) is 10.9. The third kappa shape index (κ3) is 5.17. The van der Waals surface area contributed by atoms with Crippen molar-refractivity contribution in [2.24, 2.45) is 7.05 Å². The number of ether oxygens (including phenoxy) is 2. The van der Waals surface area contributed by atoms with Gasteiger partial charge in [0.2, 0.25) is 0 Å². The lowest BCUT2D eigenvalue weighted by Gasteiger charge is -2.31. The molecule has 0 saturated heterocycles. The van der Waals surface area contributed by atoms with Gasteiger partial charge in [0, 0.05) is 35.9 Å². The first-order valence-electron chi connectivity index (χ1n) is 10.2. The maximum Gasteiger partial charge on any atom is 0.410 e. The van der Waals surface area contributed by atoms with Crippen molar-refractivity contribution in [3.05, 3.63) is 51.3 Å². The lowest BCUT2D eigenvalue weighted by atomic mass is 9.99. The molecule has 0 aliphatic carbocycles. The van der Waals surface area contributed by atoms with Gasteiger partial charge in [0.1, 0.15) is 23.1 Å². The van der Waals surface area contributed by atoms with Gasteiger partial charge in [0.15, 0.2) is 0 Å². The van der Waals surface area contributed by atoms with Crippen LogP contribution in [0.25, 0.3) is 0 Å². The Bertz CT molecular complexity index is 969. The van der Waals surface area contributed by atoms with Crippen molar-refractivity contribution in [2.75, 3.05) is 13.2 Å². The number of rotatable bonds is 5. The van der Waals surface area contributed by atoms with Crippen LogP contribution in [0.1, 0.15) is 49.7 Å². The van der Waals surface area contributed by atoms with E-state index in [0.717, 1.165) is 40.7 Å². The highest BCUT2D eigenvalue weighted by Crippen LogP contribution is 2.29. The fourth-order valence-corrected chi connectivity index (χ4v) is 4.29. The molecule has 7 heteroatoms. The predicted molar refractivity (Wildman–Crippen MR) is 118 cm³/mol. The molecule has 0 spiro atoms. The van der Waals surface area contributed by atoms with Gasteiger partial charge in [0.05, 0.1) is 6.61 Å². The second-order valence-electron chi connectivity index (χ2n) is 8.49. The highest BCUT2D eigenvalue weighted by atomic mass is 79.9. The van der Waals surface area contributed by atoms with Crippen molar-refractivity contribution in [1.29, 1.82) is 5.26 Å². The minimum absolute atomic E-state index is 0.274. The largest absolute Gasteiger partial charge is 0.493 e. The van der Waals surface area contributed by atoms with E-state index in [0.29, 0.717) is 25.4 Å². The Kier molecular flexibility index (Phi) is 6.77. The fraction of sp³-hybridized carbons (Fsp3) is 0.478. The molecule has 3 rings (SSSR count). The van der Waals surface area contributed by atoms with E-state index in [2.05, 4.69) is 22.0 Å². The number of halogens is 1. The van der Waals surface area contributed by atoms with E-state index in [-0.39, 0.29) is 6.09 Å². The lowest BCUT2D eigenvalue weighted by molar-refractivity contribution is 0.0223. The zero-order chi connectivity index (χ0) is 21.9. The molecule has 2 heterocycles. The Hall–Kier alpha value is -2.46. The van der Waals surface area contributed by atoms with Crippen LogP contribution in [0.3, 0.4) is 0 Å². The standard InChI is InChI=1S/C23H28BrN3O3/c1-23(2,3)30-22(28)27-11-10-18-16(15-27)7-5-9-21(18)29-12-6-8-20-19(24)13-17(14-25)26(20)4/h5,7,9,13H,6,8,10-12,15H2,1-4H3. The number of benzene rings is 1. The first kappa shape index (κ1) is 22.2. The number of hydrogen-bond donors (Lipinski definition) is 0. The van der Waals surface area contributed by atoms with Crippen LogP contribution in [-0.2, 0) is 31.2 Å². The molecular formula is C23H28BrN3O3. The van der Waals surface area contributed by atoms with E-state index in [4.69, 9.17) is 14.7 Å². The number of nitriles is 1. The molecule has 0 unspecified atom stereocenters. The molecule has 2 aromatic rings. The molecule has 0 atom stereocenters. The van der Waals surface area contributed by atoms with Crippen molar-refractivity contribution in [1.82, 2.24) is 9.47 Å². The summed E-state index contributed by atoms with van der Waals surface area (Å²) < 4.78 is 14.5. The minimum Gasteiger partial charge on any atom is -0.493 e. The van der Waals surface area contributed by atoms with Gasteiger partial charge < -0.3 is 18.9 Å². The quantitative estimate of drug-likeness (QED) is 0.575. The Morgan fingerprint density at radius 2 is 2.10 bits per heavy atom. The molecule has 1 aliphatic heterocycles. The van der Waals surface area contributed by atoms with Crippen LogP contribution in [0.5, 0.6) is 5.75 Å². The van der Waals surface area contributed by atoms with Crippen LogP contribution >= 0.6 is 15.9 Å². The number of hydrogen-bond acceptors (Lipinski definition) is 4. The van der Waals surface area contributed by atoms with Crippen molar-refractivity contribution < 1.29 is 14.3 Å². The third-order valence-corrected chi connectivity index (χ3v) is 5.80. The van der Waals surface area contributed by atoms with Crippen LogP contribution in [0, 0.1) is 11.3 Å². The maximum atomic E-state index is 12.4. The summed E-state index contributed by atoms with van der Waals surface area (Å²) in [6.45, 7) is 7.38. The zero-order valence-corrected chi connectivity index (χ0v) is 19.6. The van der Waals surface area contributed by atoms with Gasteiger partial charge in [-0.1, -0.05) is 12.1 Å². The Labute approximate surface area is 186 Å². The molecule has 1 aromatic carbocycles. The molecule has 0 saturated carbocycles. The molecule has 1 aromatic heterocycles. The summed E-state index contributed by atoms with van der Waals surface area (Å²) >= 11 is 3.54. The van der Waals surface area contributed by atoms with Crippen molar-refractivity contribution in [2.45, 2.75) is 52.2 Å². The summed E-state index contributed by atoms with van der Waals surface area (Å²) in [7, 11) is 1.91. The summed E-state index contributed by atoms with van der Waals surface area (Å²) in [5.74, 6) is 0.889. The van der Waals surface area contributed by atoms with Gasteiger partial charge in [-0.05, 0) is 73.7 Å². The van der Waals surface area contributed by atoms with E-state index in [1.54, 1.807) is 4.90 Å². The molecular weight excluding hydrogens is 446 g/mol. The van der Waals surface area contributed by atoms with Gasteiger partial charge in [0.25, 0.3) is 0 Å². The van der Waals surface area contributed by atoms with Crippen LogP contribution < -0.4 is 4.74 Å². The van der Waals surface area contributed by atoms with E-state index in [1.165, 1.54) is 5.56 Å². The number of nitrogens with zero attached hydrogens (tertiary/aromatic N) is 3. The SMILES string of the molecule is Cn1c(C#N)cc(Br)c1CCCOc1cccc2c1CCN(C(=O)OC(C)(C)C)C2. The predicted octanol–water partition coefficient (Wildman–Crippen LogP) is 4.96. The van der Waals surface area contributed by atoms with E-state index in [9.17, 15) is 4.79 Å². The normalized spacial score (nSPS) is 13.5. The number of fused-ring (bicyclic) bond motifs is 1. The van der Waals surface area contributed by atoms with Crippen LogP contribution in [0.4, 0.5) is 4.79 Å². The second-order valence-corrected chi connectivity index (χ2v) is 9.35. The summed E-state index contributed by atoms with van der Waals surface area (Å²) in [6.07, 6.45) is 2.14. The number of amides is 1. The van der Waals surface area contributed by atoms with E-state index < -0.39 is 5.60 Å². The van der Waals surface area contributed by atoms with E-state index in [1.807, 2.05) is 56.7 Å². The molecule has 30 heavy (non-hydrogen) atoms. The van der Waals surface area contributed by atoms with Crippen molar-refractivity contribution in [3.8, 4) is 11.8 Å². The van der Waals surface area contributed by atoms with Crippen molar-refractivity contribution in [3.63, 3.8) is 0 Å². The summed E-state index contributed by atoms with van der Waals surface area (Å²) in [5, 5.41) is 9.15. The van der Waals surface area contributed by atoms with Gasteiger partial charge in [-0.25, -0.2) is 4.79 Å². The second kappa shape index (κ2) is 9.13. The molecule has 0 N–H and O–H groups in total. The lowest BCUT2D eigenvalue weighted by Crippen LogP contribution is -2.40. The van der Waals surface area contributed by atoms with Crippen LogP contribution in [0.2, 0.25) is 0 Å². The average Bonchev–Trinajstić information content (AvgIpc) is 2.96. The van der Waals surface area contributed by atoms with Gasteiger partial charge in [-0.3, -0.25) is 0 Å². The summed E-state index contributed by atoms with van der Waals surface area (Å²) in [5.41, 5.74) is 3.52. The monoisotopic (exact) mass is 473 g/mol. The average molecular weight is 474 g/mol. The summed E-state index contributed by atoms with van der Waals surface area (Å²) in [4.78, 5) is 14.1. The van der Waals surface area contributed by atoms with Crippen molar-refractivity contribution >= 4 is 22.0 Å². The molecule has 0 fully saturated rings. The minimum atomic E-state index is -0.496. The van der Waals surface area contributed by atoms with E-state index >= 15 is 0 Å². The molecule has 1 aliphatic rings. The molecule has 0 radical (unpaired) electrons. The number of carbonyl (C=O) groups excluding carboxylic acids is 1. The van der Waals surface area contributed by atoms with Crippen LogP contribution in [-0.4, -0.2) is 34.3 Å². The third-order valence-electron chi connectivity index (χ3n) is 5.11. The molecule has 160 valence electrons. The van der Waals surface area contributed by atoms with Crippen LogP contribution in [0.15, 0.2) is 28.7 Å². The van der Waals surface area contributed by atoms with Gasteiger partial charge >= 0.3 is 6.09 Å². The zero-order valence-electron chi connectivity index (χ0n) is 18.0. The molecule has 1 amide bonds. The Balaban J connectivity index is 1.58. The Morgan fingerprint density at radius 1 is 1.33 bits per heavy atom. The Morgan fingerprint density at radius 3 is 2.77 bits per heavy atom. The maximum absolute atomic E-state index is 12.4. The summed E-state index contributed by atoms with van der Waals surface area (Å²) in [6, 6.07) is 10.1. The highest BCUT2D eigenvalue weighted by Gasteiger charge is 2.27.